The smallest absolute Gasteiger partial charge is 0.150 e. The molecule has 0 aromatic carbocycles. The van der Waals surface area contributed by atoms with Gasteiger partial charge >= 0.3 is 0 Å². The zero-order chi connectivity index (χ0) is 13.8. The van der Waals surface area contributed by atoms with E-state index in [9.17, 15) is 4.79 Å². The summed E-state index contributed by atoms with van der Waals surface area (Å²) in [6.45, 7) is 5.06. The number of rotatable bonds is 4. The molecule has 0 saturated carbocycles. The number of ketones is 1. The van der Waals surface area contributed by atoms with Gasteiger partial charge in [-0.05, 0) is 64.1 Å². The van der Waals surface area contributed by atoms with Gasteiger partial charge in [0.05, 0.1) is 6.04 Å². The Kier molecular flexibility index (Phi) is 5.08. The monoisotopic (exact) mass is 280 g/mol. The van der Waals surface area contributed by atoms with Crippen LogP contribution in [0.15, 0.2) is 0 Å². The summed E-state index contributed by atoms with van der Waals surface area (Å²) < 4.78 is 5.39. The van der Waals surface area contributed by atoms with Crippen LogP contribution in [0.1, 0.15) is 44.9 Å². The Labute approximate surface area is 122 Å². The number of carbonyl (C=O) groups excluding carboxylic acids is 1. The van der Waals surface area contributed by atoms with Crippen molar-refractivity contribution in [3.63, 3.8) is 0 Å². The van der Waals surface area contributed by atoms with E-state index in [-0.39, 0.29) is 6.04 Å². The summed E-state index contributed by atoms with van der Waals surface area (Å²) in [5.41, 5.74) is 0. The molecule has 0 spiro atoms. The molecule has 20 heavy (non-hydrogen) atoms. The highest BCUT2D eigenvalue weighted by Gasteiger charge is 2.36. The van der Waals surface area contributed by atoms with Gasteiger partial charge in [-0.3, -0.25) is 9.69 Å². The van der Waals surface area contributed by atoms with Crippen LogP contribution in [-0.2, 0) is 9.53 Å². The minimum absolute atomic E-state index is 0.223. The molecule has 3 aliphatic heterocycles. The van der Waals surface area contributed by atoms with Gasteiger partial charge in [0, 0.05) is 25.7 Å². The number of piperidine rings is 1. The minimum Gasteiger partial charge on any atom is -0.381 e. The molecule has 3 saturated heterocycles. The standard InChI is InChI=1S/C16H28N2O2/c19-16(12-13-5-10-20-11-6-13)15-2-1-9-18(15)14-3-7-17-8-4-14/h13-15,17H,1-12H2. The molecule has 0 amide bonds. The second-order valence-electron chi connectivity index (χ2n) is 6.60. The summed E-state index contributed by atoms with van der Waals surface area (Å²) in [5, 5.41) is 3.42. The summed E-state index contributed by atoms with van der Waals surface area (Å²) in [7, 11) is 0. The summed E-state index contributed by atoms with van der Waals surface area (Å²) in [6, 6.07) is 0.864. The van der Waals surface area contributed by atoms with E-state index in [1.54, 1.807) is 0 Å². The number of hydrogen-bond donors (Lipinski definition) is 1. The molecule has 0 aromatic heterocycles. The van der Waals surface area contributed by atoms with Gasteiger partial charge in [-0.25, -0.2) is 0 Å². The van der Waals surface area contributed by atoms with Crippen molar-refractivity contribution in [1.29, 1.82) is 0 Å². The van der Waals surface area contributed by atoms with E-state index < -0.39 is 0 Å². The zero-order valence-corrected chi connectivity index (χ0v) is 12.5. The third-order valence-electron chi connectivity index (χ3n) is 5.27. The van der Waals surface area contributed by atoms with Gasteiger partial charge in [-0.2, -0.15) is 0 Å². The Morgan fingerprint density at radius 2 is 1.85 bits per heavy atom. The van der Waals surface area contributed by atoms with Crippen LogP contribution in [-0.4, -0.2) is 55.6 Å². The number of hydrogen-bond acceptors (Lipinski definition) is 4. The quantitative estimate of drug-likeness (QED) is 0.849. The number of ether oxygens (including phenoxy) is 1. The molecule has 0 bridgehead atoms. The highest BCUT2D eigenvalue weighted by atomic mass is 16.5. The van der Waals surface area contributed by atoms with E-state index in [4.69, 9.17) is 4.74 Å². The van der Waals surface area contributed by atoms with Crippen LogP contribution in [0.5, 0.6) is 0 Å². The summed E-state index contributed by atoms with van der Waals surface area (Å²) in [6.07, 6.45) is 7.65. The Balaban J connectivity index is 1.55. The lowest BCUT2D eigenvalue weighted by Gasteiger charge is -2.35. The Morgan fingerprint density at radius 3 is 2.60 bits per heavy atom. The van der Waals surface area contributed by atoms with E-state index in [2.05, 4.69) is 10.2 Å². The molecule has 0 aliphatic carbocycles. The molecular formula is C16H28N2O2. The largest absolute Gasteiger partial charge is 0.381 e. The molecule has 1 atom stereocenters. The lowest BCUT2D eigenvalue weighted by molar-refractivity contribution is -0.125. The average Bonchev–Trinajstić information content (AvgIpc) is 2.99. The molecule has 1 N–H and O–H groups in total. The number of nitrogens with one attached hydrogen (secondary N) is 1. The lowest BCUT2D eigenvalue weighted by atomic mass is 9.91. The first-order valence-corrected chi connectivity index (χ1v) is 8.41. The molecule has 114 valence electrons. The van der Waals surface area contributed by atoms with Crippen LogP contribution in [0.3, 0.4) is 0 Å². The van der Waals surface area contributed by atoms with Crippen LogP contribution >= 0.6 is 0 Å². The van der Waals surface area contributed by atoms with E-state index in [1.165, 1.54) is 19.3 Å². The van der Waals surface area contributed by atoms with Gasteiger partial charge in [-0.1, -0.05) is 0 Å². The van der Waals surface area contributed by atoms with E-state index >= 15 is 0 Å². The van der Waals surface area contributed by atoms with Crippen molar-refractivity contribution in [2.24, 2.45) is 5.92 Å². The number of carbonyl (C=O) groups is 1. The zero-order valence-electron chi connectivity index (χ0n) is 12.5. The maximum absolute atomic E-state index is 12.7. The van der Waals surface area contributed by atoms with Gasteiger partial charge in [0.1, 0.15) is 5.78 Å². The van der Waals surface area contributed by atoms with Crippen molar-refractivity contribution in [1.82, 2.24) is 10.2 Å². The van der Waals surface area contributed by atoms with Crippen molar-refractivity contribution in [3.8, 4) is 0 Å². The van der Waals surface area contributed by atoms with Crippen molar-refractivity contribution in [2.75, 3.05) is 32.8 Å². The fraction of sp³-hybridized carbons (Fsp3) is 0.938. The van der Waals surface area contributed by atoms with Gasteiger partial charge in [-0.15, -0.1) is 0 Å². The van der Waals surface area contributed by atoms with E-state index in [0.29, 0.717) is 17.7 Å². The molecule has 1 unspecified atom stereocenters. The first kappa shape index (κ1) is 14.5. The maximum Gasteiger partial charge on any atom is 0.150 e. The van der Waals surface area contributed by atoms with Gasteiger partial charge < -0.3 is 10.1 Å². The average molecular weight is 280 g/mol. The summed E-state index contributed by atoms with van der Waals surface area (Å²) in [4.78, 5) is 15.2. The number of Topliss-reactive ketones (excluding diaryl/α,β-unsaturated/α-hetero) is 1. The molecule has 0 aromatic rings. The van der Waals surface area contributed by atoms with Crippen molar-refractivity contribution in [2.45, 2.75) is 57.0 Å². The SMILES string of the molecule is O=C(CC1CCOCC1)C1CCCN1C1CCNCC1. The fourth-order valence-electron chi connectivity index (χ4n) is 4.08. The Morgan fingerprint density at radius 1 is 1.10 bits per heavy atom. The normalized spacial score (nSPS) is 30.7. The minimum atomic E-state index is 0.223. The summed E-state index contributed by atoms with van der Waals surface area (Å²) >= 11 is 0. The molecule has 3 rings (SSSR count). The van der Waals surface area contributed by atoms with Gasteiger partial charge in [0.25, 0.3) is 0 Å². The second kappa shape index (κ2) is 7.01. The van der Waals surface area contributed by atoms with E-state index in [0.717, 1.165) is 58.5 Å². The highest BCUT2D eigenvalue weighted by Crippen LogP contribution is 2.28. The van der Waals surface area contributed by atoms with Crippen molar-refractivity contribution < 1.29 is 9.53 Å². The van der Waals surface area contributed by atoms with Crippen LogP contribution in [0.2, 0.25) is 0 Å². The topological polar surface area (TPSA) is 41.6 Å². The Bertz CT molecular complexity index is 322. The summed E-state index contributed by atoms with van der Waals surface area (Å²) in [5.74, 6) is 1.08. The van der Waals surface area contributed by atoms with Crippen LogP contribution in [0, 0.1) is 5.92 Å². The van der Waals surface area contributed by atoms with Crippen LogP contribution < -0.4 is 5.32 Å². The third-order valence-corrected chi connectivity index (χ3v) is 5.27. The predicted molar refractivity (Wildman–Crippen MR) is 78.8 cm³/mol. The van der Waals surface area contributed by atoms with Gasteiger partial charge in [0.2, 0.25) is 0 Å². The molecule has 0 radical (unpaired) electrons. The molecule has 3 fully saturated rings. The molecule has 3 heterocycles. The number of likely N-dealkylation sites (tertiary alicyclic amines) is 1. The molecule has 3 aliphatic rings. The predicted octanol–water partition coefficient (Wildman–Crippen LogP) is 1.59. The van der Waals surface area contributed by atoms with Gasteiger partial charge in [0.15, 0.2) is 0 Å². The molecule has 4 heteroatoms. The van der Waals surface area contributed by atoms with Crippen molar-refractivity contribution >= 4 is 5.78 Å². The van der Waals surface area contributed by atoms with Crippen molar-refractivity contribution in [3.05, 3.63) is 0 Å². The third kappa shape index (κ3) is 3.41. The molecular weight excluding hydrogens is 252 g/mol. The molecule has 4 nitrogen and oxygen atoms in total. The lowest BCUT2D eigenvalue weighted by Crippen LogP contribution is -2.48. The van der Waals surface area contributed by atoms with Crippen LogP contribution in [0.4, 0.5) is 0 Å². The highest BCUT2D eigenvalue weighted by molar-refractivity contribution is 5.84. The first-order chi connectivity index (χ1) is 9.84. The second-order valence-corrected chi connectivity index (χ2v) is 6.60. The Hall–Kier alpha value is -0.450. The van der Waals surface area contributed by atoms with Crippen LogP contribution in [0.25, 0.3) is 0 Å². The first-order valence-electron chi connectivity index (χ1n) is 8.41. The maximum atomic E-state index is 12.7. The van der Waals surface area contributed by atoms with E-state index in [1.807, 2.05) is 0 Å². The number of nitrogens with zero attached hydrogens (tertiary/aromatic N) is 1. The fourth-order valence-corrected chi connectivity index (χ4v) is 4.08.